The molecule has 0 spiro atoms. The summed E-state index contributed by atoms with van der Waals surface area (Å²) < 4.78 is 0. The van der Waals surface area contributed by atoms with Crippen molar-refractivity contribution < 1.29 is 14.7 Å². The number of carbonyl (C=O) groups is 2. The summed E-state index contributed by atoms with van der Waals surface area (Å²) in [5.41, 5.74) is 2.92. The summed E-state index contributed by atoms with van der Waals surface area (Å²) in [4.78, 5) is 27.3. The van der Waals surface area contributed by atoms with Gasteiger partial charge >= 0.3 is 5.97 Å². The fraction of sp³-hybridized carbons (Fsp3) is 0.158. The highest BCUT2D eigenvalue weighted by atomic mass is 35.5. The fourth-order valence-corrected chi connectivity index (χ4v) is 3.69. The molecule has 1 aromatic heterocycles. The third-order valence-corrected chi connectivity index (χ3v) is 4.88. The first-order valence-electron chi connectivity index (χ1n) is 7.92. The van der Waals surface area contributed by atoms with Gasteiger partial charge < -0.3 is 15.4 Å². The number of nitrogens with one attached hydrogen (secondary N) is 2. The number of rotatable bonds is 3. The Morgan fingerprint density at radius 3 is 2.76 bits per heavy atom. The van der Waals surface area contributed by atoms with Crippen molar-refractivity contribution in [3.63, 3.8) is 0 Å². The molecule has 2 aromatic carbocycles. The van der Waals surface area contributed by atoms with E-state index in [4.69, 9.17) is 11.6 Å². The molecule has 1 aliphatic rings. The van der Waals surface area contributed by atoms with E-state index in [1.807, 2.05) is 24.3 Å². The summed E-state index contributed by atoms with van der Waals surface area (Å²) >= 11 is 5.97. The molecule has 5 nitrogen and oxygen atoms in total. The number of fused-ring (bicyclic) bond motifs is 2. The Bertz CT molecular complexity index is 995. The van der Waals surface area contributed by atoms with Crippen LogP contribution in [0.4, 0.5) is 0 Å². The van der Waals surface area contributed by atoms with Gasteiger partial charge in [-0.15, -0.1) is 0 Å². The summed E-state index contributed by atoms with van der Waals surface area (Å²) in [6.45, 7) is 0. The largest absolute Gasteiger partial charge is 0.481 e. The van der Waals surface area contributed by atoms with Crippen molar-refractivity contribution in [2.75, 3.05) is 0 Å². The molecular weight excluding hydrogens is 340 g/mol. The van der Waals surface area contributed by atoms with Gasteiger partial charge in [-0.25, -0.2) is 0 Å². The van der Waals surface area contributed by atoms with Crippen molar-refractivity contribution in [3.05, 3.63) is 70.4 Å². The lowest BCUT2D eigenvalue weighted by Gasteiger charge is -2.17. The van der Waals surface area contributed by atoms with Crippen molar-refractivity contribution >= 4 is 34.4 Å². The zero-order valence-electron chi connectivity index (χ0n) is 13.1. The van der Waals surface area contributed by atoms with Crippen LogP contribution in [0.25, 0.3) is 10.9 Å². The van der Waals surface area contributed by atoms with Crippen LogP contribution in [-0.2, 0) is 11.2 Å². The molecule has 3 N–H and O–H groups in total. The minimum absolute atomic E-state index is 0.323. The van der Waals surface area contributed by atoms with E-state index >= 15 is 0 Å². The van der Waals surface area contributed by atoms with Crippen molar-refractivity contribution in [2.45, 2.75) is 18.4 Å². The monoisotopic (exact) mass is 354 g/mol. The number of carboxylic acid groups (broad SMARTS) is 1. The molecule has 3 aromatic rings. The third kappa shape index (κ3) is 2.76. The molecule has 126 valence electrons. The number of H-pyrrole nitrogens is 1. The molecule has 25 heavy (non-hydrogen) atoms. The Labute approximate surface area is 148 Å². The van der Waals surface area contributed by atoms with E-state index in [0.29, 0.717) is 17.1 Å². The second kappa shape index (κ2) is 5.93. The SMILES string of the molecule is O=C(N[C@@H]1Cc2ccccc2[C@H]1C(=O)O)c1cc2cc(Cl)ccc2[nH]1. The number of amides is 1. The topological polar surface area (TPSA) is 82.2 Å². The van der Waals surface area contributed by atoms with Gasteiger partial charge in [0.1, 0.15) is 11.6 Å². The van der Waals surface area contributed by atoms with Crippen LogP contribution in [-0.4, -0.2) is 28.0 Å². The summed E-state index contributed by atoms with van der Waals surface area (Å²) in [5, 5.41) is 13.9. The second-order valence-corrected chi connectivity index (χ2v) is 6.65. The Kier molecular flexibility index (Phi) is 3.73. The standard InChI is InChI=1S/C19H15ClN2O3/c20-12-5-6-14-11(7-12)9-16(21-14)18(23)22-15-8-10-3-1-2-4-13(10)17(15)19(24)25/h1-7,9,15,17,21H,8H2,(H,22,23)(H,24,25)/t15-,17-/m1/s1. The number of carboxylic acids is 1. The summed E-state index contributed by atoms with van der Waals surface area (Å²) in [5.74, 6) is -1.99. The molecule has 6 heteroatoms. The van der Waals surface area contributed by atoms with Crippen molar-refractivity contribution in [2.24, 2.45) is 0 Å². The smallest absolute Gasteiger partial charge is 0.313 e. The predicted molar refractivity (Wildman–Crippen MR) is 95.1 cm³/mol. The quantitative estimate of drug-likeness (QED) is 0.674. The van der Waals surface area contributed by atoms with E-state index in [-0.39, 0.29) is 5.91 Å². The summed E-state index contributed by atoms with van der Waals surface area (Å²) in [7, 11) is 0. The molecular formula is C19H15ClN2O3. The maximum Gasteiger partial charge on any atom is 0.313 e. The van der Waals surface area contributed by atoms with E-state index in [2.05, 4.69) is 10.3 Å². The van der Waals surface area contributed by atoms with Crippen LogP contribution in [0.2, 0.25) is 5.02 Å². The zero-order valence-corrected chi connectivity index (χ0v) is 13.9. The van der Waals surface area contributed by atoms with Crippen molar-refractivity contribution in [3.8, 4) is 0 Å². The lowest BCUT2D eigenvalue weighted by Crippen LogP contribution is -2.40. The van der Waals surface area contributed by atoms with Crippen molar-refractivity contribution in [1.82, 2.24) is 10.3 Å². The Hall–Kier alpha value is -2.79. The molecule has 2 atom stereocenters. The zero-order chi connectivity index (χ0) is 17.6. The number of aliphatic carboxylic acids is 1. The predicted octanol–water partition coefficient (Wildman–Crippen LogP) is 3.34. The molecule has 0 aliphatic heterocycles. The van der Waals surface area contributed by atoms with Crippen LogP contribution in [0.15, 0.2) is 48.5 Å². The molecule has 0 saturated carbocycles. The molecule has 0 saturated heterocycles. The van der Waals surface area contributed by atoms with Gasteiger partial charge in [0.15, 0.2) is 0 Å². The molecule has 1 amide bonds. The third-order valence-electron chi connectivity index (χ3n) is 4.64. The van der Waals surface area contributed by atoms with Gasteiger partial charge in [0.2, 0.25) is 0 Å². The minimum Gasteiger partial charge on any atom is -0.481 e. The maximum absolute atomic E-state index is 12.6. The van der Waals surface area contributed by atoms with Gasteiger partial charge in [-0.1, -0.05) is 35.9 Å². The van der Waals surface area contributed by atoms with Gasteiger partial charge in [-0.3, -0.25) is 9.59 Å². The Morgan fingerprint density at radius 1 is 1.16 bits per heavy atom. The lowest BCUT2D eigenvalue weighted by molar-refractivity contribution is -0.139. The number of halogens is 1. The van der Waals surface area contributed by atoms with Gasteiger partial charge in [-0.05, 0) is 41.8 Å². The highest BCUT2D eigenvalue weighted by molar-refractivity contribution is 6.31. The number of aromatic amines is 1. The second-order valence-electron chi connectivity index (χ2n) is 6.21. The van der Waals surface area contributed by atoms with E-state index in [0.717, 1.165) is 22.0 Å². The number of hydrogen-bond acceptors (Lipinski definition) is 2. The van der Waals surface area contributed by atoms with Crippen molar-refractivity contribution in [1.29, 1.82) is 0 Å². The van der Waals surface area contributed by atoms with Crippen LogP contribution in [0.1, 0.15) is 27.5 Å². The van der Waals surface area contributed by atoms with E-state index in [1.54, 1.807) is 24.3 Å². The van der Waals surface area contributed by atoms with E-state index < -0.39 is 17.9 Å². The van der Waals surface area contributed by atoms with E-state index in [1.165, 1.54) is 0 Å². The maximum atomic E-state index is 12.6. The molecule has 0 fully saturated rings. The highest BCUT2D eigenvalue weighted by Gasteiger charge is 2.38. The molecule has 0 unspecified atom stereocenters. The molecule has 0 radical (unpaired) electrons. The van der Waals surface area contributed by atoms with Gasteiger partial charge in [0.25, 0.3) is 5.91 Å². The van der Waals surface area contributed by atoms with Crippen LogP contribution < -0.4 is 5.32 Å². The van der Waals surface area contributed by atoms with Gasteiger partial charge in [-0.2, -0.15) is 0 Å². The first-order valence-corrected chi connectivity index (χ1v) is 8.30. The summed E-state index contributed by atoms with van der Waals surface area (Å²) in [6.07, 6.45) is 0.505. The summed E-state index contributed by atoms with van der Waals surface area (Å²) in [6, 6.07) is 14.0. The molecule has 4 rings (SSSR count). The van der Waals surface area contributed by atoms with Crippen LogP contribution in [0, 0.1) is 0 Å². The first-order chi connectivity index (χ1) is 12.0. The molecule has 1 aliphatic carbocycles. The van der Waals surface area contributed by atoms with Gasteiger partial charge in [0.05, 0.1) is 6.04 Å². The molecule has 1 heterocycles. The van der Waals surface area contributed by atoms with Crippen LogP contribution in [0.5, 0.6) is 0 Å². The Morgan fingerprint density at radius 2 is 1.96 bits per heavy atom. The minimum atomic E-state index is -0.932. The fourth-order valence-electron chi connectivity index (χ4n) is 3.51. The highest BCUT2D eigenvalue weighted by Crippen LogP contribution is 2.33. The molecule has 0 bridgehead atoms. The lowest BCUT2D eigenvalue weighted by atomic mass is 9.98. The number of benzene rings is 2. The average molecular weight is 355 g/mol. The first kappa shape index (κ1) is 15.7. The van der Waals surface area contributed by atoms with Crippen LogP contribution >= 0.6 is 11.6 Å². The number of aromatic nitrogens is 1. The number of carbonyl (C=O) groups excluding carboxylic acids is 1. The normalized spacial score (nSPS) is 18.9. The number of hydrogen-bond donors (Lipinski definition) is 3. The van der Waals surface area contributed by atoms with E-state index in [9.17, 15) is 14.7 Å². The van der Waals surface area contributed by atoms with Gasteiger partial charge in [0, 0.05) is 15.9 Å². The van der Waals surface area contributed by atoms with Crippen LogP contribution in [0.3, 0.4) is 0 Å². The average Bonchev–Trinajstić information content (AvgIpc) is 3.14. The Balaban J connectivity index is 1.60.